The van der Waals surface area contributed by atoms with Crippen molar-refractivity contribution in [1.29, 1.82) is 0 Å². The second-order valence-electron chi connectivity index (χ2n) is 6.43. The standard InChI is InChI=1S/C23H18N2O4/c26-21(15-28-19-8-6-16-7-9-22(27)29-20(16)14-19)25-23(17-4-2-1-3-5-17)18-10-12-24-13-11-18/h1-14,23H,15H2,(H,25,26). The van der Waals surface area contributed by atoms with Gasteiger partial charge >= 0.3 is 5.63 Å². The molecule has 6 nitrogen and oxygen atoms in total. The second kappa shape index (κ2) is 8.39. The van der Waals surface area contributed by atoms with Crippen molar-refractivity contribution in [2.45, 2.75) is 6.04 Å². The highest BCUT2D eigenvalue weighted by Gasteiger charge is 2.17. The van der Waals surface area contributed by atoms with E-state index in [0.717, 1.165) is 16.5 Å². The van der Waals surface area contributed by atoms with Crippen molar-refractivity contribution in [2.75, 3.05) is 6.61 Å². The number of benzene rings is 2. The Kier molecular flexibility index (Phi) is 5.33. The van der Waals surface area contributed by atoms with Crippen molar-refractivity contribution in [1.82, 2.24) is 10.3 Å². The number of pyridine rings is 1. The van der Waals surface area contributed by atoms with E-state index in [4.69, 9.17) is 9.15 Å². The molecule has 0 saturated heterocycles. The Morgan fingerprint density at radius 1 is 0.966 bits per heavy atom. The number of hydrogen-bond donors (Lipinski definition) is 1. The number of rotatable bonds is 6. The number of ether oxygens (including phenoxy) is 1. The molecule has 0 radical (unpaired) electrons. The number of carbonyl (C=O) groups excluding carboxylic acids is 1. The lowest BCUT2D eigenvalue weighted by atomic mass is 10.00. The minimum atomic E-state index is -0.435. The lowest BCUT2D eigenvalue weighted by Crippen LogP contribution is -2.33. The molecule has 1 N–H and O–H groups in total. The van der Waals surface area contributed by atoms with Crippen LogP contribution in [-0.2, 0) is 4.79 Å². The Hall–Kier alpha value is -3.93. The van der Waals surface area contributed by atoms with Gasteiger partial charge in [-0.2, -0.15) is 0 Å². The van der Waals surface area contributed by atoms with E-state index in [-0.39, 0.29) is 18.6 Å². The van der Waals surface area contributed by atoms with Crippen LogP contribution in [0.4, 0.5) is 0 Å². The molecule has 6 heteroatoms. The monoisotopic (exact) mass is 386 g/mol. The SMILES string of the molecule is O=C(COc1ccc2ccc(=O)oc2c1)NC(c1ccccc1)c1ccncc1. The Bertz CT molecular complexity index is 1130. The third kappa shape index (κ3) is 4.50. The zero-order valence-electron chi connectivity index (χ0n) is 15.4. The summed E-state index contributed by atoms with van der Waals surface area (Å²) in [6.07, 6.45) is 3.38. The molecule has 0 spiro atoms. The lowest BCUT2D eigenvalue weighted by molar-refractivity contribution is -0.123. The summed E-state index contributed by atoms with van der Waals surface area (Å²) in [5, 5.41) is 3.78. The molecule has 2 aromatic carbocycles. The van der Waals surface area contributed by atoms with E-state index in [1.54, 1.807) is 36.7 Å². The molecule has 0 fully saturated rings. The van der Waals surface area contributed by atoms with Gasteiger partial charge in [-0.25, -0.2) is 4.79 Å². The van der Waals surface area contributed by atoms with Gasteiger partial charge in [0.05, 0.1) is 6.04 Å². The smallest absolute Gasteiger partial charge is 0.336 e. The molecule has 0 aliphatic rings. The van der Waals surface area contributed by atoms with Crippen LogP contribution in [0.5, 0.6) is 5.75 Å². The van der Waals surface area contributed by atoms with Crippen molar-refractivity contribution < 1.29 is 13.9 Å². The van der Waals surface area contributed by atoms with E-state index >= 15 is 0 Å². The molecule has 0 aliphatic carbocycles. The maximum atomic E-state index is 12.6. The number of nitrogens with one attached hydrogen (secondary N) is 1. The number of nitrogens with zero attached hydrogens (tertiary/aromatic N) is 1. The molecule has 4 aromatic rings. The number of amides is 1. The van der Waals surface area contributed by atoms with Crippen LogP contribution in [0.2, 0.25) is 0 Å². The van der Waals surface area contributed by atoms with Crippen molar-refractivity contribution in [3.05, 3.63) is 107 Å². The number of hydrogen-bond acceptors (Lipinski definition) is 5. The number of aromatic nitrogens is 1. The zero-order chi connectivity index (χ0) is 20.1. The van der Waals surface area contributed by atoms with Gasteiger partial charge in [-0.1, -0.05) is 30.3 Å². The highest BCUT2D eigenvalue weighted by Crippen LogP contribution is 2.22. The van der Waals surface area contributed by atoms with E-state index in [1.807, 2.05) is 42.5 Å². The molecule has 1 unspecified atom stereocenters. The Morgan fingerprint density at radius 3 is 2.48 bits per heavy atom. The van der Waals surface area contributed by atoms with E-state index < -0.39 is 5.63 Å². The largest absolute Gasteiger partial charge is 0.484 e. The normalized spacial score (nSPS) is 11.7. The van der Waals surface area contributed by atoms with Crippen molar-refractivity contribution in [2.24, 2.45) is 0 Å². The van der Waals surface area contributed by atoms with Gasteiger partial charge in [0.25, 0.3) is 5.91 Å². The van der Waals surface area contributed by atoms with Crippen LogP contribution in [0.1, 0.15) is 17.2 Å². The summed E-state index contributed by atoms with van der Waals surface area (Å²) in [7, 11) is 0. The third-order valence-electron chi connectivity index (χ3n) is 4.44. The van der Waals surface area contributed by atoms with Gasteiger partial charge < -0.3 is 14.5 Å². The molecular formula is C23H18N2O4. The molecule has 1 atom stereocenters. The average molecular weight is 386 g/mol. The quantitative estimate of drug-likeness (QED) is 0.513. The minimum Gasteiger partial charge on any atom is -0.484 e. The van der Waals surface area contributed by atoms with Crippen LogP contribution in [0, 0.1) is 0 Å². The predicted molar refractivity (Wildman–Crippen MR) is 109 cm³/mol. The summed E-state index contributed by atoms with van der Waals surface area (Å²) in [5.41, 5.74) is 1.86. The second-order valence-corrected chi connectivity index (χ2v) is 6.43. The van der Waals surface area contributed by atoms with E-state index in [2.05, 4.69) is 10.3 Å². The minimum absolute atomic E-state index is 0.170. The van der Waals surface area contributed by atoms with Gasteiger partial charge in [-0.3, -0.25) is 9.78 Å². The topological polar surface area (TPSA) is 81.4 Å². The summed E-state index contributed by atoms with van der Waals surface area (Å²) in [4.78, 5) is 28.0. The van der Waals surface area contributed by atoms with Gasteiger partial charge in [-0.05, 0) is 41.5 Å². The Morgan fingerprint density at radius 2 is 1.69 bits per heavy atom. The molecule has 0 aliphatic heterocycles. The number of carbonyl (C=O) groups is 1. The maximum absolute atomic E-state index is 12.6. The van der Waals surface area contributed by atoms with Crippen LogP contribution < -0.4 is 15.7 Å². The molecule has 1 amide bonds. The first-order valence-corrected chi connectivity index (χ1v) is 9.10. The Balaban J connectivity index is 1.48. The summed E-state index contributed by atoms with van der Waals surface area (Å²) >= 11 is 0. The van der Waals surface area contributed by atoms with E-state index in [9.17, 15) is 9.59 Å². The first kappa shape index (κ1) is 18.4. The molecular weight excluding hydrogens is 368 g/mol. The fraction of sp³-hybridized carbons (Fsp3) is 0.0870. The fourth-order valence-corrected chi connectivity index (χ4v) is 3.04. The van der Waals surface area contributed by atoms with Crippen molar-refractivity contribution in [3.8, 4) is 5.75 Å². The maximum Gasteiger partial charge on any atom is 0.336 e. The third-order valence-corrected chi connectivity index (χ3v) is 4.44. The summed E-state index contributed by atoms with van der Waals surface area (Å²) < 4.78 is 10.7. The first-order valence-electron chi connectivity index (χ1n) is 9.10. The van der Waals surface area contributed by atoms with Gasteiger partial charge in [0.15, 0.2) is 6.61 Å². The molecule has 2 heterocycles. The van der Waals surface area contributed by atoms with Crippen LogP contribution in [0.3, 0.4) is 0 Å². The van der Waals surface area contributed by atoms with Gasteiger partial charge in [0.1, 0.15) is 11.3 Å². The molecule has 144 valence electrons. The fourth-order valence-electron chi connectivity index (χ4n) is 3.04. The molecule has 4 rings (SSSR count). The predicted octanol–water partition coefficient (Wildman–Crippen LogP) is 3.47. The van der Waals surface area contributed by atoms with E-state index in [1.165, 1.54) is 6.07 Å². The van der Waals surface area contributed by atoms with E-state index in [0.29, 0.717) is 11.3 Å². The molecule has 29 heavy (non-hydrogen) atoms. The van der Waals surface area contributed by atoms with Crippen LogP contribution in [-0.4, -0.2) is 17.5 Å². The van der Waals surface area contributed by atoms with Gasteiger partial charge in [-0.15, -0.1) is 0 Å². The number of fused-ring (bicyclic) bond motifs is 1. The average Bonchev–Trinajstić information content (AvgIpc) is 2.77. The molecule has 0 bridgehead atoms. The Labute approximate surface area is 166 Å². The summed E-state index contributed by atoms with van der Waals surface area (Å²) in [6, 6.07) is 21.2. The highest BCUT2D eigenvalue weighted by molar-refractivity contribution is 5.80. The van der Waals surface area contributed by atoms with Crippen molar-refractivity contribution in [3.63, 3.8) is 0 Å². The highest BCUT2D eigenvalue weighted by atomic mass is 16.5. The van der Waals surface area contributed by atoms with Gasteiger partial charge in [0.2, 0.25) is 0 Å². The summed E-state index contributed by atoms with van der Waals surface area (Å²) in [5.74, 6) is 0.174. The van der Waals surface area contributed by atoms with Crippen LogP contribution in [0.15, 0.2) is 94.4 Å². The lowest BCUT2D eigenvalue weighted by Gasteiger charge is -2.20. The van der Waals surface area contributed by atoms with Crippen molar-refractivity contribution >= 4 is 16.9 Å². The summed E-state index contributed by atoms with van der Waals surface area (Å²) in [6.45, 7) is -0.170. The molecule has 0 saturated carbocycles. The zero-order valence-corrected chi connectivity index (χ0v) is 15.4. The van der Waals surface area contributed by atoms with Crippen LogP contribution >= 0.6 is 0 Å². The first-order chi connectivity index (χ1) is 14.2. The molecule has 2 aromatic heterocycles. The van der Waals surface area contributed by atoms with Crippen LogP contribution in [0.25, 0.3) is 11.0 Å². The van der Waals surface area contributed by atoms with Gasteiger partial charge in [0, 0.05) is 29.9 Å².